The number of rotatable bonds is 4. The minimum Gasteiger partial charge on any atom is -0.477 e. The van der Waals surface area contributed by atoms with Crippen LogP contribution in [0.3, 0.4) is 0 Å². The molecule has 1 fully saturated rings. The van der Waals surface area contributed by atoms with Gasteiger partial charge in [-0.15, -0.1) is 23.5 Å². The van der Waals surface area contributed by atoms with Crippen molar-refractivity contribution in [2.45, 2.75) is 6.42 Å². The van der Waals surface area contributed by atoms with Gasteiger partial charge in [0.1, 0.15) is 11.4 Å². The second-order valence-corrected chi connectivity index (χ2v) is 6.71. The van der Waals surface area contributed by atoms with E-state index >= 15 is 0 Å². The largest absolute Gasteiger partial charge is 0.477 e. The molecule has 21 heavy (non-hydrogen) atoms. The first-order valence-electron chi connectivity index (χ1n) is 6.29. The molecule has 2 rings (SSSR count). The predicted octanol–water partition coefficient (Wildman–Crippen LogP) is 3.57. The molecule has 110 valence electrons. The number of allylic oxidation sites excluding steroid dienone is 1. The van der Waals surface area contributed by atoms with Gasteiger partial charge in [-0.3, -0.25) is 4.79 Å². The van der Waals surface area contributed by atoms with Gasteiger partial charge in [0.05, 0.1) is 4.24 Å². The van der Waals surface area contributed by atoms with Crippen LogP contribution in [0.1, 0.15) is 12.0 Å². The zero-order chi connectivity index (χ0) is 15.2. The monoisotopic (exact) mass is 324 g/mol. The number of carbonyl (C=O) groups excluding carboxylic acids is 1. The standard InChI is InChI=1S/C15H13FO3S2/c16-11-5-2-1-4-10(11)6-7-12(17)13(14(18)19)15-20-8-3-9-21-15/h1-2,4-7H,3,8-9H2,(H,18,19)/b7-6+. The van der Waals surface area contributed by atoms with E-state index in [1.54, 1.807) is 12.1 Å². The van der Waals surface area contributed by atoms with Crippen LogP contribution in [-0.2, 0) is 9.59 Å². The summed E-state index contributed by atoms with van der Waals surface area (Å²) in [6, 6.07) is 6.01. The van der Waals surface area contributed by atoms with Crippen LogP contribution in [0, 0.1) is 5.82 Å². The molecule has 1 aliphatic heterocycles. The van der Waals surface area contributed by atoms with Gasteiger partial charge in [0.25, 0.3) is 0 Å². The molecule has 0 saturated carbocycles. The molecule has 0 spiro atoms. The first-order valence-corrected chi connectivity index (χ1v) is 8.27. The second kappa shape index (κ2) is 7.47. The van der Waals surface area contributed by atoms with Crippen LogP contribution in [0.2, 0.25) is 0 Å². The highest BCUT2D eigenvalue weighted by Crippen LogP contribution is 2.37. The van der Waals surface area contributed by atoms with Crippen molar-refractivity contribution in [1.82, 2.24) is 0 Å². The number of hydrogen-bond acceptors (Lipinski definition) is 4. The minimum atomic E-state index is -1.24. The highest BCUT2D eigenvalue weighted by Gasteiger charge is 2.23. The maximum atomic E-state index is 13.5. The SMILES string of the molecule is O=C(O)C(C(=O)/C=C/c1ccccc1F)=C1SCCCS1. The Labute approximate surface area is 130 Å². The Balaban J connectivity index is 2.24. The van der Waals surface area contributed by atoms with Crippen molar-refractivity contribution >= 4 is 41.4 Å². The van der Waals surface area contributed by atoms with E-state index in [1.807, 2.05) is 0 Å². The van der Waals surface area contributed by atoms with E-state index in [9.17, 15) is 19.1 Å². The van der Waals surface area contributed by atoms with Gasteiger partial charge in [-0.25, -0.2) is 9.18 Å². The average molecular weight is 324 g/mol. The van der Waals surface area contributed by atoms with Crippen molar-refractivity contribution in [2.75, 3.05) is 11.5 Å². The zero-order valence-electron chi connectivity index (χ0n) is 11.0. The lowest BCUT2D eigenvalue weighted by molar-refractivity contribution is -0.134. The fourth-order valence-corrected chi connectivity index (χ4v) is 4.36. The van der Waals surface area contributed by atoms with Gasteiger partial charge in [0.15, 0.2) is 5.78 Å². The van der Waals surface area contributed by atoms with Gasteiger partial charge in [-0.2, -0.15) is 0 Å². The van der Waals surface area contributed by atoms with E-state index in [-0.39, 0.29) is 11.1 Å². The molecule has 0 aliphatic carbocycles. The summed E-state index contributed by atoms with van der Waals surface area (Å²) >= 11 is 2.77. The normalized spacial score (nSPS) is 15.2. The molecule has 3 nitrogen and oxygen atoms in total. The summed E-state index contributed by atoms with van der Waals surface area (Å²) in [5.74, 6) is -0.683. The zero-order valence-corrected chi connectivity index (χ0v) is 12.7. The summed E-state index contributed by atoms with van der Waals surface area (Å²) < 4.78 is 14.0. The van der Waals surface area contributed by atoms with Crippen LogP contribution in [-0.4, -0.2) is 28.4 Å². The topological polar surface area (TPSA) is 54.4 Å². The smallest absolute Gasteiger partial charge is 0.341 e. The lowest BCUT2D eigenvalue weighted by atomic mass is 10.1. The summed E-state index contributed by atoms with van der Waals surface area (Å²) in [6.45, 7) is 0. The molecular weight excluding hydrogens is 311 g/mol. The lowest BCUT2D eigenvalue weighted by Gasteiger charge is -2.14. The van der Waals surface area contributed by atoms with Gasteiger partial charge >= 0.3 is 5.97 Å². The maximum absolute atomic E-state index is 13.5. The highest BCUT2D eigenvalue weighted by molar-refractivity contribution is 8.22. The maximum Gasteiger partial charge on any atom is 0.341 e. The number of benzene rings is 1. The Hall–Kier alpha value is -1.53. The molecule has 0 amide bonds. The van der Waals surface area contributed by atoms with Gasteiger partial charge in [0, 0.05) is 5.56 Å². The van der Waals surface area contributed by atoms with E-state index in [0.29, 0.717) is 4.24 Å². The van der Waals surface area contributed by atoms with Crippen molar-refractivity contribution in [3.05, 3.63) is 51.5 Å². The average Bonchev–Trinajstić information content (AvgIpc) is 2.47. The van der Waals surface area contributed by atoms with E-state index < -0.39 is 17.6 Å². The summed E-state index contributed by atoms with van der Waals surface area (Å²) in [4.78, 5) is 23.4. The van der Waals surface area contributed by atoms with E-state index in [0.717, 1.165) is 24.0 Å². The molecule has 0 radical (unpaired) electrons. The van der Waals surface area contributed by atoms with Crippen molar-refractivity contribution in [2.24, 2.45) is 0 Å². The summed E-state index contributed by atoms with van der Waals surface area (Å²) in [6.07, 6.45) is 3.41. The number of aliphatic carboxylic acids is 1. The quantitative estimate of drug-likeness (QED) is 0.521. The van der Waals surface area contributed by atoms with Crippen LogP contribution in [0.4, 0.5) is 4.39 Å². The third-order valence-electron chi connectivity index (χ3n) is 2.74. The van der Waals surface area contributed by atoms with Gasteiger partial charge in [-0.1, -0.05) is 18.2 Å². The predicted molar refractivity (Wildman–Crippen MR) is 84.6 cm³/mol. The van der Waals surface area contributed by atoms with E-state index in [1.165, 1.54) is 41.7 Å². The third-order valence-corrected chi connectivity index (χ3v) is 5.36. The number of hydrogen-bond donors (Lipinski definition) is 1. The molecule has 1 aliphatic rings. The summed E-state index contributed by atoms with van der Waals surface area (Å²) in [7, 11) is 0. The first-order chi connectivity index (χ1) is 10.1. The lowest BCUT2D eigenvalue weighted by Crippen LogP contribution is -2.13. The van der Waals surface area contributed by atoms with Gasteiger partial charge in [-0.05, 0) is 36.1 Å². The third kappa shape index (κ3) is 4.22. The van der Waals surface area contributed by atoms with Gasteiger partial charge < -0.3 is 5.11 Å². The van der Waals surface area contributed by atoms with E-state index in [2.05, 4.69) is 0 Å². The Bertz CT molecular complexity index is 615. The van der Waals surface area contributed by atoms with Gasteiger partial charge in [0.2, 0.25) is 0 Å². The van der Waals surface area contributed by atoms with E-state index in [4.69, 9.17) is 0 Å². The number of carboxylic acid groups (broad SMARTS) is 1. The van der Waals surface area contributed by atoms with Crippen molar-refractivity contribution < 1.29 is 19.1 Å². The molecule has 1 aromatic carbocycles. The fraction of sp³-hybridized carbons (Fsp3) is 0.200. The van der Waals surface area contributed by atoms with Crippen LogP contribution in [0.25, 0.3) is 6.08 Å². The molecule has 6 heteroatoms. The Morgan fingerprint density at radius 3 is 2.48 bits per heavy atom. The molecule has 1 heterocycles. The van der Waals surface area contributed by atoms with Crippen LogP contribution in [0.15, 0.2) is 40.2 Å². The molecule has 1 aromatic rings. The molecular formula is C15H13FO3S2. The number of halogens is 1. The fourth-order valence-electron chi connectivity index (χ4n) is 1.73. The van der Waals surface area contributed by atoms with Crippen LogP contribution >= 0.6 is 23.5 Å². The molecule has 1 N–H and O–H groups in total. The van der Waals surface area contributed by atoms with Crippen LogP contribution < -0.4 is 0 Å². The second-order valence-electron chi connectivity index (χ2n) is 4.24. The number of thioether (sulfide) groups is 2. The number of carbonyl (C=O) groups is 2. The molecule has 0 bridgehead atoms. The Morgan fingerprint density at radius 2 is 1.86 bits per heavy atom. The number of carboxylic acids is 1. The van der Waals surface area contributed by atoms with Crippen molar-refractivity contribution in [3.8, 4) is 0 Å². The Morgan fingerprint density at radius 1 is 1.19 bits per heavy atom. The van der Waals surface area contributed by atoms with Crippen LogP contribution in [0.5, 0.6) is 0 Å². The summed E-state index contributed by atoms with van der Waals surface area (Å²) in [5, 5.41) is 9.23. The molecule has 1 saturated heterocycles. The molecule has 0 aromatic heterocycles. The molecule has 0 atom stereocenters. The molecule has 0 unspecified atom stereocenters. The van der Waals surface area contributed by atoms with Crippen molar-refractivity contribution in [1.29, 1.82) is 0 Å². The minimum absolute atomic E-state index is 0.225. The first kappa shape index (κ1) is 15.9. The van der Waals surface area contributed by atoms with Crippen molar-refractivity contribution in [3.63, 3.8) is 0 Å². The number of ketones is 1. The Kier molecular flexibility index (Phi) is 5.64. The summed E-state index contributed by atoms with van der Waals surface area (Å²) in [5.41, 5.74) is 0.0295. The highest BCUT2D eigenvalue weighted by atomic mass is 32.2.